The Bertz CT molecular complexity index is 481. The number of aromatic nitrogens is 1. The van der Waals surface area contributed by atoms with Gasteiger partial charge in [0.05, 0.1) is 22.8 Å². The van der Waals surface area contributed by atoms with E-state index in [1.54, 1.807) is 12.3 Å². The fourth-order valence-electron chi connectivity index (χ4n) is 1.87. The molecule has 20 heavy (non-hydrogen) atoms. The summed E-state index contributed by atoms with van der Waals surface area (Å²) in [6.07, 6.45) is 1.67. The first-order chi connectivity index (χ1) is 9.27. The van der Waals surface area contributed by atoms with Gasteiger partial charge >= 0.3 is 7.12 Å². The summed E-state index contributed by atoms with van der Waals surface area (Å²) in [6, 6.07) is 1.77. The Labute approximate surface area is 124 Å². The van der Waals surface area contributed by atoms with Crippen LogP contribution in [0.25, 0.3) is 0 Å². The van der Waals surface area contributed by atoms with Gasteiger partial charge in [-0.05, 0) is 33.8 Å². The molecule has 0 amide bonds. The molecule has 7 heteroatoms. The molecule has 1 fully saturated rings. The summed E-state index contributed by atoms with van der Waals surface area (Å²) in [5.74, 6) is 0.543. The SMILES string of the molecule is CC1(C)OB(c2cnc(NCCO)c(Cl)c2)OC1(C)C. The number of rotatable bonds is 4. The van der Waals surface area contributed by atoms with E-state index in [1.807, 2.05) is 27.7 Å². The van der Waals surface area contributed by atoms with Crippen molar-refractivity contribution in [1.82, 2.24) is 4.98 Å². The Morgan fingerprint density at radius 3 is 2.40 bits per heavy atom. The van der Waals surface area contributed by atoms with Crippen molar-refractivity contribution in [3.05, 3.63) is 17.3 Å². The summed E-state index contributed by atoms with van der Waals surface area (Å²) in [5.41, 5.74) is -0.00110. The van der Waals surface area contributed by atoms with Crippen LogP contribution in [0.4, 0.5) is 5.82 Å². The number of halogens is 1. The molecule has 1 aromatic rings. The quantitative estimate of drug-likeness (QED) is 0.824. The van der Waals surface area contributed by atoms with Gasteiger partial charge in [-0.15, -0.1) is 0 Å². The summed E-state index contributed by atoms with van der Waals surface area (Å²) >= 11 is 6.17. The van der Waals surface area contributed by atoms with Crippen molar-refractivity contribution in [2.24, 2.45) is 0 Å². The molecule has 2 rings (SSSR count). The maximum atomic E-state index is 8.79. The van der Waals surface area contributed by atoms with E-state index in [9.17, 15) is 0 Å². The van der Waals surface area contributed by atoms with Gasteiger partial charge in [-0.25, -0.2) is 4.98 Å². The van der Waals surface area contributed by atoms with Crippen LogP contribution in [0.15, 0.2) is 12.3 Å². The predicted octanol–water partition coefficient (Wildman–Crippen LogP) is 1.44. The van der Waals surface area contributed by atoms with Gasteiger partial charge in [-0.1, -0.05) is 11.6 Å². The molecule has 0 spiro atoms. The van der Waals surface area contributed by atoms with E-state index < -0.39 is 18.3 Å². The highest BCUT2D eigenvalue weighted by Gasteiger charge is 2.51. The Morgan fingerprint density at radius 2 is 1.90 bits per heavy atom. The molecular weight excluding hydrogens is 278 g/mol. The number of aliphatic hydroxyl groups is 1. The first-order valence-corrected chi connectivity index (χ1v) is 7.00. The molecular formula is C13H20BClN2O3. The second kappa shape index (κ2) is 5.52. The highest BCUT2D eigenvalue weighted by atomic mass is 35.5. The molecule has 0 saturated carbocycles. The highest BCUT2D eigenvalue weighted by molar-refractivity contribution is 6.62. The fraction of sp³-hybridized carbons (Fsp3) is 0.615. The number of pyridine rings is 1. The molecule has 0 bridgehead atoms. The molecule has 5 nitrogen and oxygen atoms in total. The molecule has 2 N–H and O–H groups in total. The van der Waals surface area contributed by atoms with E-state index in [4.69, 9.17) is 26.0 Å². The zero-order chi connectivity index (χ0) is 15.0. The maximum absolute atomic E-state index is 8.79. The lowest BCUT2D eigenvalue weighted by molar-refractivity contribution is 0.00578. The van der Waals surface area contributed by atoms with Crippen LogP contribution in [0.1, 0.15) is 27.7 Å². The first kappa shape index (κ1) is 15.6. The molecule has 0 radical (unpaired) electrons. The maximum Gasteiger partial charge on any atom is 0.496 e. The van der Waals surface area contributed by atoms with Crippen molar-refractivity contribution in [2.75, 3.05) is 18.5 Å². The molecule has 2 heterocycles. The Morgan fingerprint density at radius 1 is 1.30 bits per heavy atom. The van der Waals surface area contributed by atoms with Gasteiger partial charge in [0, 0.05) is 18.2 Å². The lowest BCUT2D eigenvalue weighted by Crippen LogP contribution is -2.41. The van der Waals surface area contributed by atoms with Crippen molar-refractivity contribution < 1.29 is 14.4 Å². The topological polar surface area (TPSA) is 63.6 Å². The monoisotopic (exact) mass is 298 g/mol. The van der Waals surface area contributed by atoms with Crippen LogP contribution < -0.4 is 10.8 Å². The molecule has 0 atom stereocenters. The van der Waals surface area contributed by atoms with Gasteiger partial charge in [0.25, 0.3) is 0 Å². The van der Waals surface area contributed by atoms with E-state index in [0.717, 1.165) is 5.46 Å². The second-order valence-electron chi connectivity index (χ2n) is 5.84. The molecule has 1 saturated heterocycles. The van der Waals surface area contributed by atoms with Gasteiger partial charge in [0.1, 0.15) is 5.82 Å². The van der Waals surface area contributed by atoms with Crippen LogP contribution >= 0.6 is 11.6 Å². The van der Waals surface area contributed by atoms with Crippen molar-refractivity contribution >= 4 is 30.0 Å². The average molecular weight is 299 g/mol. The Kier molecular flexibility index (Phi) is 4.30. The number of aliphatic hydroxyl groups excluding tert-OH is 1. The number of nitrogens with zero attached hydrogens (tertiary/aromatic N) is 1. The molecule has 1 aromatic heterocycles. The summed E-state index contributed by atoms with van der Waals surface area (Å²) in [5, 5.41) is 12.2. The molecule has 0 aliphatic carbocycles. The van der Waals surface area contributed by atoms with Crippen molar-refractivity contribution in [1.29, 1.82) is 0 Å². The fourth-order valence-corrected chi connectivity index (χ4v) is 2.11. The second-order valence-corrected chi connectivity index (χ2v) is 6.24. The van der Waals surface area contributed by atoms with Crippen LogP contribution in [-0.2, 0) is 9.31 Å². The van der Waals surface area contributed by atoms with Gasteiger partial charge in [-0.3, -0.25) is 0 Å². The first-order valence-electron chi connectivity index (χ1n) is 6.62. The van der Waals surface area contributed by atoms with E-state index in [-0.39, 0.29) is 6.61 Å². The number of anilines is 1. The zero-order valence-electron chi connectivity index (χ0n) is 12.2. The average Bonchev–Trinajstić information content (AvgIpc) is 2.57. The van der Waals surface area contributed by atoms with E-state index in [0.29, 0.717) is 17.4 Å². The lowest BCUT2D eigenvalue weighted by Gasteiger charge is -2.32. The third-order valence-electron chi connectivity index (χ3n) is 3.79. The smallest absolute Gasteiger partial charge is 0.399 e. The van der Waals surface area contributed by atoms with Crippen LogP contribution in [0.5, 0.6) is 0 Å². The van der Waals surface area contributed by atoms with E-state index in [1.165, 1.54) is 0 Å². The third kappa shape index (κ3) is 2.93. The molecule has 1 aliphatic rings. The van der Waals surface area contributed by atoms with Gasteiger partial charge in [0.15, 0.2) is 0 Å². The summed E-state index contributed by atoms with van der Waals surface area (Å²) in [7, 11) is -0.475. The minimum absolute atomic E-state index is 0.0248. The van der Waals surface area contributed by atoms with Crippen LogP contribution in [0, 0.1) is 0 Å². The summed E-state index contributed by atoms with van der Waals surface area (Å²) in [4.78, 5) is 4.24. The van der Waals surface area contributed by atoms with Crippen molar-refractivity contribution in [3.63, 3.8) is 0 Å². The molecule has 0 unspecified atom stereocenters. The van der Waals surface area contributed by atoms with E-state index >= 15 is 0 Å². The van der Waals surface area contributed by atoms with Crippen molar-refractivity contribution in [3.8, 4) is 0 Å². The van der Waals surface area contributed by atoms with Gasteiger partial charge < -0.3 is 19.7 Å². The van der Waals surface area contributed by atoms with E-state index in [2.05, 4.69) is 10.3 Å². The lowest BCUT2D eigenvalue weighted by atomic mass is 9.80. The Balaban J connectivity index is 2.17. The summed E-state index contributed by atoms with van der Waals surface area (Å²) < 4.78 is 11.9. The van der Waals surface area contributed by atoms with Crippen LogP contribution in [0.3, 0.4) is 0 Å². The largest absolute Gasteiger partial charge is 0.496 e. The minimum Gasteiger partial charge on any atom is -0.399 e. The molecule has 110 valence electrons. The third-order valence-corrected chi connectivity index (χ3v) is 4.08. The Hall–Kier alpha value is -0.815. The zero-order valence-corrected chi connectivity index (χ0v) is 13.0. The van der Waals surface area contributed by atoms with Crippen LogP contribution in [-0.4, -0.2) is 41.6 Å². The number of hydrogen-bond donors (Lipinski definition) is 2. The molecule has 1 aliphatic heterocycles. The summed E-state index contributed by atoms with van der Waals surface area (Å²) in [6.45, 7) is 8.43. The van der Waals surface area contributed by atoms with Gasteiger partial charge in [-0.2, -0.15) is 0 Å². The standard InChI is InChI=1S/C13H20BClN2O3/c1-12(2)13(3,4)20-14(19-12)9-7-10(15)11(17-8-9)16-5-6-18/h7-8,18H,5-6H2,1-4H3,(H,16,17). The van der Waals surface area contributed by atoms with Gasteiger partial charge in [0.2, 0.25) is 0 Å². The number of nitrogens with one attached hydrogen (secondary N) is 1. The highest BCUT2D eigenvalue weighted by Crippen LogP contribution is 2.36. The number of hydrogen-bond acceptors (Lipinski definition) is 5. The van der Waals surface area contributed by atoms with Crippen LogP contribution in [0.2, 0.25) is 5.02 Å². The van der Waals surface area contributed by atoms with Crippen molar-refractivity contribution in [2.45, 2.75) is 38.9 Å². The minimum atomic E-state index is -0.475. The molecule has 0 aromatic carbocycles. The predicted molar refractivity (Wildman–Crippen MR) is 80.5 cm³/mol. The normalized spacial score (nSPS) is 20.2.